The molecule has 148 valence electrons. The fourth-order valence-electron chi connectivity index (χ4n) is 2.94. The van der Waals surface area contributed by atoms with E-state index in [0.717, 1.165) is 0 Å². The number of carbonyl (C=O) groups is 1. The van der Waals surface area contributed by atoms with Gasteiger partial charge in [-0.2, -0.15) is 0 Å². The summed E-state index contributed by atoms with van der Waals surface area (Å²) in [6.45, 7) is 4.39. The van der Waals surface area contributed by atoms with Gasteiger partial charge in [-0.15, -0.1) is 0 Å². The Labute approximate surface area is 163 Å². The zero-order valence-corrected chi connectivity index (χ0v) is 16.3. The van der Waals surface area contributed by atoms with Gasteiger partial charge in [0.25, 0.3) is 0 Å². The van der Waals surface area contributed by atoms with Crippen LogP contribution in [-0.2, 0) is 4.74 Å². The van der Waals surface area contributed by atoms with Crippen molar-refractivity contribution in [2.24, 2.45) is 5.41 Å². The number of methoxy groups -OCH3 is 1. The van der Waals surface area contributed by atoms with Crippen molar-refractivity contribution in [2.45, 2.75) is 13.8 Å². The van der Waals surface area contributed by atoms with Gasteiger partial charge in [0.15, 0.2) is 11.5 Å². The summed E-state index contributed by atoms with van der Waals surface area (Å²) in [6.07, 6.45) is 0. The van der Waals surface area contributed by atoms with E-state index in [1.54, 1.807) is 37.4 Å². The van der Waals surface area contributed by atoms with Crippen molar-refractivity contribution in [3.8, 4) is 22.6 Å². The van der Waals surface area contributed by atoms with Crippen LogP contribution in [0.2, 0.25) is 0 Å². The van der Waals surface area contributed by atoms with Crippen molar-refractivity contribution < 1.29 is 24.1 Å². The monoisotopic (exact) mass is 384 g/mol. The zero-order chi connectivity index (χ0) is 20.3. The van der Waals surface area contributed by atoms with Gasteiger partial charge in [-0.25, -0.2) is 0 Å². The molecular weight excluding hydrogens is 360 g/mol. The summed E-state index contributed by atoms with van der Waals surface area (Å²) in [7, 11) is 1.55. The second-order valence-electron chi connectivity index (χ2n) is 7.50. The first-order valence-corrected chi connectivity index (χ1v) is 9.10. The van der Waals surface area contributed by atoms with E-state index in [1.165, 1.54) is 6.07 Å². The second-order valence-corrected chi connectivity index (χ2v) is 7.50. The third kappa shape index (κ3) is 3.93. The van der Waals surface area contributed by atoms with Crippen LogP contribution in [0.25, 0.3) is 11.1 Å². The number of fused-ring (bicyclic) bond motifs is 3. The number of rotatable bonds is 8. The first-order chi connectivity index (χ1) is 13.4. The molecule has 0 radical (unpaired) electrons. The van der Waals surface area contributed by atoms with Gasteiger partial charge < -0.3 is 19.3 Å². The molecule has 0 unspecified atom stereocenters. The summed E-state index contributed by atoms with van der Waals surface area (Å²) < 4.78 is 16.5. The number of aliphatic hydroxyl groups excluding tert-OH is 1. The normalized spacial score (nSPS) is 12.5. The molecule has 0 aromatic heterocycles. The average molecular weight is 384 g/mol. The lowest BCUT2D eigenvalue weighted by Crippen LogP contribution is -2.25. The van der Waals surface area contributed by atoms with Gasteiger partial charge in [-0.05, 0) is 11.6 Å². The van der Waals surface area contributed by atoms with Gasteiger partial charge >= 0.3 is 0 Å². The largest absolute Gasteiger partial charge is 0.493 e. The van der Waals surface area contributed by atoms with Crippen LogP contribution in [0.1, 0.15) is 29.8 Å². The van der Waals surface area contributed by atoms with Gasteiger partial charge in [0, 0.05) is 35.3 Å². The maximum atomic E-state index is 13.2. The molecule has 0 saturated heterocycles. The van der Waals surface area contributed by atoms with Crippen molar-refractivity contribution >= 4 is 5.78 Å². The molecule has 1 N–H and O–H groups in total. The van der Waals surface area contributed by atoms with Crippen LogP contribution in [0.15, 0.2) is 41.2 Å². The van der Waals surface area contributed by atoms with Crippen LogP contribution in [0.5, 0.6) is 11.5 Å². The highest BCUT2D eigenvalue weighted by Crippen LogP contribution is 2.36. The number of hydrogen-bond acceptors (Lipinski definition) is 6. The van der Waals surface area contributed by atoms with E-state index in [1.807, 2.05) is 13.8 Å². The molecule has 0 amide bonds. The predicted molar refractivity (Wildman–Crippen MR) is 105 cm³/mol. The summed E-state index contributed by atoms with van der Waals surface area (Å²) >= 11 is 0. The number of ketones is 1. The van der Waals surface area contributed by atoms with Gasteiger partial charge in [0.05, 0.1) is 19.8 Å². The van der Waals surface area contributed by atoms with Crippen molar-refractivity contribution in [1.29, 1.82) is 0 Å². The van der Waals surface area contributed by atoms with Crippen LogP contribution in [0.3, 0.4) is 0 Å². The standard InChI is InChI=1S/C22H24O6/c1-22(2,12-23)13-28-14-10-17-19(15-6-4-5-7-16(15)20(17)24)21(25)18(11-14)27-9-8-26-3/h4-7,10-11,23H,8-9,12-13H2,1-3H3. The minimum absolute atomic E-state index is 0.0571. The first-order valence-electron chi connectivity index (χ1n) is 9.10. The molecule has 0 atom stereocenters. The summed E-state index contributed by atoms with van der Waals surface area (Å²) in [5.74, 6) is 0.223. The third-order valence-corrected chi connectivity index (χ3v) is 4.57. The van der Waals surface area contributed by atoms with Crippen LogP contribution in [0.4, 0.5) is 0 Å². The van der Waals surface area contributed by atoms with Crippen molar-refractivity contribution in [2.75, 3.05) is 33.5 Å². The van der Waals surface area contributed by atoms with Crippen LogP contribution in [-0.4, -0.2) is 44.4 Å². The summed E-state index contributed by atoms with van der Waals surface area (Å²) in [4.78, 5) is 26.0. The molecule has 0 saturated carbocycles. The second kappa shape index (κ2) is 8.12. The Bertz CT molecular complexity index is 948. The quantitative estimate of drug-likeness (QED) is 0.602. The Morgan fingerprint density at radius 2 is 1.68 bits per heavy atom. The molecular formula is C22H24O6. The zero-order valence-electron chi connectivity index (χ0n) is 16.3. The highest BCUT2D eigenvalue weighted by Gasteiger charge is 2.30. The molecule has 3 rings (SSSR count). The lowest BCUT2D eigenvalue weighted by molar-refractivity contribution is 0.0969. The first kappa shape index (κ1) is 20.0. The topological polar surface area (TPSA) is 82.1 Å². The molecule has 6 heteroatoms. The number of benzene rings is 1. The number of carbonyl (C=O) groups excluding carboxylic acids is 1. The summed E-state index contributed by atoms with van der Waals surface area (Å²) in [5, 5.41) is 9.46. The minimum Gasteiger partial charge on any atom is -0.493 e. The Balaban J connectivity index is 2.12. The van der Waals surface area contributed by atoms with E-state index in [4.69, 9.17) is 14.2 Å². The number of ether oxygens (including phenoxy) is 3. The van der Waals surface area contributed by atoms with Gasteiger partial charge in [-0.1, -0.05) is 38.1 Å². The maximum Gasteiger partial charge on any atom is 0.229 e. The molecule has 0 heterocycles. The molecule has 0 spiro atoms. The molecule has 2 aromatic rings. The van der Waals surface area contributed by atoms with E-state index in [-0.39, 0.29) is 36.8 Å². The molecule has 0 bridgehead atoms. The molecule has 0 aliphatic heterocycles. The predicted octanol–water partition coefficient (Wildman–Crippen LogP) is 2.68. The van der Waals surface area contributed by atoms with E-state index in [2.05, 4.69) is 0 Å². The van der Waals surface area contributed by atoms with Crippen LogP contribution < -0.4 is 14.9 Å². The van der Waals surface area contributed by atoms with Crippen molar-refractivity contribution in [3.63, 3.8) is 0 Å². The van der Waals surface area contributed by atoms with Crippen LogP contribution in [0, 0.1) is 5.41 Å². The fraction of sp³-hybridized carbons (Fsp3) is 0.364. The van der Waals surface area contributed by atoms with Gasteiger partial charge in [0.2, 0.25) is 5.43 Å². The number of hydrogen-bond donors (Lipinski definition) is 1. The van der Waals surface area contributed by atoms with Gasteiger partial charge in [-0.3, -0.25) is 9.59 Å². The highest BCUT2D eigenvalue weighted by molar-refractivity contribution is 6.21. The Kier molecular flexibility index (Phi) is 5.82. The third-order valence-electron chi connectivity index (χ3n) is 4.57. The van der Waals surface area contributed by atoms with Gasteiger partial charge in [0.1, 0.15) is 12.4 Å². The SMILES string of the molecule is COCCOc1cc(OCC(C)(C)CO)cc2c(c1=O)-c1ccccc1C2=O. The maximum absolute atomic E-state index is 13.2. The molecule has 0 fully saturated rings. The van der Waals surface area contributed by atoms with E-state index < -0.39 is 5.41 Å². The lowest BCUT2D eigenvalue weighted by atomic mass is 9.96. The highest BCUT2D eigenvalue weighted by atomic mass is 16.5. The molecule has 2 aromatic carbocycles. The van der Waals surface area contributed by atoms with Crippen LogP contribution >= 0.6 is 0 Å². The molecule has 1 aliphatic carbocycles. The smallest absolute Gasteiger partial charge is 0.229 e. The van der Waals surface area contributed by atoms with Crippen molar-refractivity contribution in [1.82, 2.24) is 0 Å². The Hall–Kier alpha value is -2.70. The minimum atomic E-state index is -0.470. The molecule has 6 nitrogen and oxygen atoms in total. The Morgan fingerprint density at radius 1 is 0.964 bits per heavy atom. The molecule has 1 aliphatic rings. The fourth-order valence-corrected chi connectivity index (χ4v) is 2.94. The van der Waals surface area contributed by atoms with E-state index in [0.29, 0.717) is 34.6 Å². The summed E-state index contributed by atoms with van der Waals surface area (Å²) in [6, 6.07) is 10.1. The average Bonchev–Trinajstić information content (AvgIpc) is 2.88. The lowest BCUT2D eigenvalue weighted by Gasteiger charge is -2.21. The molecule has 28 heavy (non-hydrogen) atoms. The van der Waals surface area contributed by atoms with E-state index in [9.17, 15) is 14.7 Å². The summed E-state index contributed by atoms with van der Waals surface area (Å²) in [5.41, 5.74) is 0.879. The van der Waals surface area contributed by atoms with Crippen molar-refractivity contribution in [3.05, 3.63) is 57.7 Å². The van der Waals surface area contributed by atoms with E-state index >= 15 is 0 Å². The Morgan fingerprint density at radius 3 is 2.36 bits per heavy atom. The number of aliphatic hydroxyl groups is 1.